The number of rotatable bonds is 6. The normalized spacial score (nSPS) is 13.3. The molecule has 0 radical (unpaired) electrons. The summed E-state index contributed by atoms with van der Waals surface area (Å²) in [5.41, 5.74) is 4.74. The Bertz CT molecular complexity index is 1750. The van der Waals surface area contributed by atoms with Crippen LogP contribution < -0.4 is 13.6 Å². The van der Waals surface area contributed by atoms with Crippen molar-refractivity contribution in [3.63, 3.8) is 0 Å². The van der Waals surface area contributed by atoms with Gasteiger partial charge in [-0.3, -0.25) is 0 Å². The summed E-state index contributed by atoms with van der Waals surface area (Å²) in [6.45, 7) is 22.4. The summed E-state index contributed by atoms with van der Waals surface area (Å²) in [5, 5.41) is 4.69. The van der Waals surface area contributed by atoms with Crippen LogP contribution in [0.15, 0.2) is 91.0 Å². The highest BCUT2D eigenvalue weighted by Gasteiger charge is 2.29. The lowest BCUT2D eigenvalue weighted by Crippen LogP contribution is -2.18. The molecule has 4 heteroatoms. The zero-order valence-electron chi connectivity index (χ0n) is 27.3. The lowest BCUT2D eigenvalue weighted by atomic mass is 9.76. The molecule has 5 aromatic rings. The van der Waals surface area contributed by atoms with Crippen molar-refractivity contribution in [1.29, 1.82) is 0 Å². The maximum atomic E-state index is 6.82. The third kappa shape index (κ3) is 7.16. The zero-order valence-corrected chi connectivity index (χ0v) is 28.2. The van der Waals surface area contributed by atoms with Gasteiger partial charge in [-0.25, -0.2) is 0 Å². The van der Waals surface area contributed by atoms with Crippen LogP contribution in [0, 0.1) is 6.92 Å². The van der Waals surface area contributed by atoms with Gasteiger partial charge in [0.05, 0.1) is 0 Å². The highest BCUT2D eigenvalue weighted by atomic mass is 31.2. The van der Waals surface area contributed by atoms with E-state index in [2.05, 4.69) is 112 Å². The average Bonchev–Trinajstić information content (AvgIpc) is 2.91. The Hall–Kier alpha value is -3.55. The largest absolute Gasteiger partial charge is 0.530 e. The van der Waals surface area contributed by atoms with Crippen LogP contribution in [0.3, 0.4) is 0 Å². The van der Waals surface area contributed by atoms with Crippen LogP contribution in [-0.4, -0.2) is 0 Å². The predicted octanol–water partition coefficient (Wildman–Crippen LogP) is 12.0. The van der Waals surface area contributed by atoms with Crippen LogP contribution in [-0.2, 0) is 16.2 Å². The van der Waals surface area contributed by atoms with E-state index in [1.807, 2.05) is 48.5 Å². The Labute approximate surface area is 259 Å². The van der Waals surface area contributed by atoms with Gasteiger partial charge >= 0.3 is 8.60 Å². The smallest absolute Gasteiger partial charge is 0.409 e. The molecule has 43 heavy (non-hydrogen) atoms. The lowest BCUT2D eigenvalue weighted by molar-refractivity contribution is 0.383. The van der Waals surface area contributed by atoms with Crippen molar-refractivity contribution in [2.45, 2.75) is 85.5 Å². The maximum Gasteiger partial charge on any atom is 0.530 e. The molecule has 0 aromatic heterocycles. The number of aryl methyl sites for hydroxylation is 1. The average molecular weight is 593 g/mol. The number of fused-ring (bicyclic) bond motifs is 2. The lowest BCUT2D eigenvalue weighted by Gasteiger charge is -2.29. The van der Waals surface area contributed by atoms with Gasteiger partial charge in [0.25, 0.3) is 0 Å². The van der Waals surface area contributed by atoms with Gasteiger partial charge in [-0.2, -0.15) is 0 Å². The molecule has 5 aromatic carbocycles. The van der Waals surface area contributed by atoms with E-state index < -0.39 is 8.60 Å². The summed E-state index contributed by atoms with van der Waals surface area (Å²) in [6.07, 6.45) is 0. The van der Waals surface area contributed by atoms with Gasteiger partial charge in [0.2, 0.25) is 0 Å². The highest BCUT2D eigenvalue weighted by Crippen LogP contribution is 2.48. The zero-order chi connectivity index (χ0) is 31.2. The summed E-state index contributed by atoms with van der Waals surface area (Å²) in [6, 6.07) is 31.6. The van der Waals surface area contributed by atoms with Crippen LogP contribution in [0.5, 0.6) is 17.2 Å². The Morgan fingerprint density at radius 1 is 0.488 bits per heavy atom. The third-order valence-electron chi connectivity index (χ3n) is 7.81. The fourth-order valence-corrected chi connectivity index (χ4v) is 6.24. The van der Waals surface area contributed by atoms with Gasteiger partial charge in [0.15, 0.2) is 0 Å². The van der Waals surface area contributed by atoms with E-state index in [-0.39, 0.29) is 16.2 Å². The first-order chi connectivity index (χ1) is 20.1. The van der Waals surface area contributed by atoms with E-state index in [4.69, 9.17) is 13.6 Å². The van der Waals surface area contributed by atoms with Crippen molar-refractivity contribution in [2.24, 2.45) is 0 Å². The van der Waals surface area contributed by atoms with Gasteiger partial charge in [0, 0.05) is 5.56 Å². The summed E-state index contributed by atoms with van der Waals surface area (Å²) in [7, 11) is -1.84. The molecule has 3 nitrogen and oxygen atoms in total. The number of hydrogen-bond donors (Lipinski definition) is 0. The van der Waals surface area contributed by atoms with Crippen molar-refractivity contribution in [1.82, 2.24) is 0 Å². The van der Waals surface area contributed by atoms with Crippen molar-refractivity contribution in [3.05, 3.63) is 113 Å². The second kappa shape index (κ2) is 11.5. The molecule has 0 N–H and O–H groups in total. The van der Waals surface area contributed by atoms with Gasteiger partial charge in [-0.1, -0.05) is 122 Å². The SMILES string of the molecule is Cc1ccc(OP(Oc2ccc3ccccc3c2)Oc2cc3c(C(C)(C)C)cc(C(C)(C)C)cc3cc2C(C)(C)C)cc1. The first kappa shape index (κ1) is 30.9. The topological polar surface area (TPSA) is 27.7 Å². The maximum absolute atomic E-state index is 6.82. The van der Waals surface area contributed by atoms with E-state index in [1.165, 1.54) is 27.5 Å². The molecule has 0 fully saturated rings. The van der Waals surface area contributed by atoms with Crippen LogP contribution in [0.4, 0.5) is 0 Å². The van der Waals surface area contributed by atoms with Crippen molar-refractivity contribution < 1.29 is 13.6 Å². The molecule has 0 saturated heterocycles. The quantitative estimate of drug-likeness (QED) is 0.184. The van der Waals surface area contributed by atoms with Crippen LogP contribution >= 0.6 is 8.60 Å². The molecule has 0 bridgehead atoms. The first-order valence-electron chi connectivity index (χ1n) is 15.1. The summed E-state index contributed by atoms with van der Waals surface area (Å²) in [4.78, 5) is 0. The Morgan fingerprint density at radius 2 is 1.09 bits per heavy atom. The van der Waals surface area contributed by atoms with Gasteiger partial charge in [-0.15, -0.1) is 0 Å². The molecular weight excluding hydrogens is 547 g/mol. The van der Waals surface area contributed by atoms with Gasteiger partial charge < -0.3 is 13.6 Å². The van der Waals surface area contributed by atoms with Crippen LogP contribution in [0.25, 0.3) is 21.5 Å². The molecule has 0 aliphatic rings. The molecule has 1 unspecified atom stereocenters. The second-order valence-corrected chi connectivity index (χ2v) is 15.7. The molecule has 0 heterocycles. The molecule has 0 spiro atoms. The molecule has 0 aliphatic carbocycles. The monoisotopic (exact) mass is 592 g/mol. The molecule has 0 amide bonds. The van der Waals surface area contributed by atoms with E-state index in [9.17, 15) is 0 Å². The Balaban J connectivity index is 1.64. The van der Waals surface area contributed by atoms with E-state index in [1.54, 1.807) is 0 Å². The number of hydrogen-bond acceptors (Lipinski definition) is 3. The van der Waals surface area contributed by atoms with Crippen LogP contribution in [0.1, 0.15) is 84.6 Å². The Morgan fingerprint density at radius 3 is 1.72 bits per heavy atom. The minimum atomic E-state index is -1.84. The minimum Gasteiger partial charge on any atom is -0.409 e. The fraction of sp³-hybridized carbons (Fsp3) is 0.333. The summed E-state index contributed by atoms with van der Waals surface area (Å²) >= 11 is 0. The fourth-order valence-electron chi connectivity index (χ4n) is 5.24. The second-order valence-electron chi connectivity index (χ2n) is 14.7. The first-order valence-corrected chi connectivity index (χ1v) is 16.2. The van der Waals surface area contributed by atoms with E-state index in [0.717, 1.165) is 22.1 Å². The standard InChI is InChI=1S/C39H45O3P/c1-26-15-18-31(19-16-26)40-43(41-32-20-17-27-13-11-12-14-28(27)22-32)42-36-25-33-29(23-35(36)39(8,9)10)21-30(37(2,3)4)24-34(33)38(5,6)7/h11-25H,1-10H3. The Kier molecular flexibility index (Phi) is 8.27. The van der Waals surface area contributed by atoms with Crippen LogP contribution in [0.2, 0.25) is 0 Å². The van der Waals surface area contributed by atoms with Crippen molar-refractivity contribution in [3.8, 4) is 17.2 Å². The summed E-state index contributed by atoms with van der Waals surface area (Å²) < 4.78 is 19.8. The molecule has 0 aliphatic heterocycles. The van der Waals surface area contributed by atoms with Crippen molar-refractivity contribution in [2.75, 3.05) is 0 Å². The molecule has 5 rings (SSSR count). The predicted molar refractivity (Wildman–Crippen MR) is 184 cm³/mol. The molecule has 0 saturated carbocycles. The van der Waals surface area contributed by atoms with Gasteiger partial charge in [-0.05, 0) is 92.2 Å². The van der Waals surface area contributed by atoms with Crippen molar-refractivity contribution >= 4 is 30.1 Å². The molecular formula is C39H45O3P. The van der Waals surface area contributed by atoms with E-state index >= 15 is 0 Å². The van der Waals surface area contributed by atoms with E-state index in [0.29, 0.717) is 11.5 Å². The minimum absolute atomic E-state index is 0.0369. The number of benzene rings is 5. The third-order valence-corrected chi connectivity index (χ3v) is 8.88. The molecule has 224 valence electrons. The van der Waals surface area contributed by atoms with Gasteiger partial charge in [0.1, 0.15) is 17.2 Å². The highest BCUT2D eigenvalue weighted by molar-refractivity contribution is 7.43. The summed E-state index contributed by atoms with van der Waals surface area (Å²) in [5.74, 6) is 2.20. The molecule has 1 atom stereocenters.